The Balaban J connectivity index is 2.53. The van der Waals surface area contributed by atoms with Gasteiger partial charge in [-0.25, -0.2) is 4.79 Å². The van der Waals surface area contributed by atoms with Crippen molar-refractivity contribution < 1.29 is 14.4 Å². The third kappa shape index (κ3) is 9.95. The summed E-state index contributed by atoms with van der Waals surface area (Å²) in [6, 6.07) is 10.0. The number of nitrogens with zero attached hydrogens (tertiary/aromatic N) is 1. The van der Waals surface area contributed by atoms with Gasteiger partial charge in [-0.3, -0.25) is 0 Å². The molecule has 3 heteroatoms. The molecule has 2 unspecified atom stereocenters. The van der Waals surface area contributed by atoms with Crippen LogP contribution in [-0.2, 0) is 11.2 Å². The van der Waals surface area contributed by atoms with E-state index < -0.39 is 5.97 Å². The Labute approximate surface area is 167 Å². The van der Waals surface area contributed by atoms with Crippen molar-refractivity contribution in [2.75, 3.05) is 21.1 Å². The van der Waals surface area contributed by atoms with Crippen LogP contribution in [0.4, 0.5) is 0 Å². The molecule has 0 amide bonds. The average molecular weight is 377 g/mol. The molecule has 1 aromatic carbocycles. The molecule has 0 fully saturated rings. The first kappa shape index (κ1) is 23.7. The molecule has 2 atom stereocenters. The number of carboxylic acids is 1. The van der Waals surface area contributed by atoms with Crippen molar-refractivity contribution in [2.45, 2.75) is 83.6 Å². The molecule has 0 aliphatic carbocycles. The number of carbonyl (C=O) groups is 1. The highest BCUT2D eigenvalue weighted by atomic mass is 16.4. The second-order valence-electron chi connectivity index (χ2n) is 8.97. The first-order chi connectivity index (χ1) is 12.9. The lowest BCUT2D eigenvalue weighted by atomic mass is 9.86. The molecule has 0 aromatic heterocycles. The van der Waals surface area contributed by atoms with Crippen LogP contribution in [0.5, 0.6) is 0 Å². The van der Waals surface area contributed by atoms with Gasteiger partial charge in [-0.2, -0.15) is 0 Å². The number of hydrogen-bond acceptors (Lipinski definition) is 1. The fraction of sp³-hybridized carbons (Fsp3) is 0.708. The third-order valence-electron chi connectivity index (χ3n) is 5.55. The fourth-order valence-electron chi connectivity index (χ4n) is 4.17. The zero-order valence-electron chi connectivity index (χ0n) is 18.1. The third-order valence-corrected chi connectivity index (χ3v) is 5.55. The number of hydrogen-bond donors (Lipinski definition) is 1. The molecule has 27 heavy (non-hydrogen) atoms. The van der Waals surface area contributed by atoms with Crippen LogP contribution in [-0.4, -0.2) is 42.7 Å². The van der Waals surface area contributed by atoms with Gasteiger partial charge in [0.25, 0.3) is 0 Å². The molecule has 0 spiro atoms. The minimum absolute atomic E-state index is 0.175. The molecular weight excluding hydrogens is 334 g/mol. The number of unbranched alkanes of at least 4 members (excludes halogenated alkanes) is 8. The molecule has 0 saturated carbocycles. The molecule has 1 rings (SSSR count). The van der Waals surface area contributed by atoms with Crippen molar-refractivity contribution in [3.05, 3.63) is 35.9 Å². The predicted molar refractivity (Wildman–Crippen MR) is 115 cm³/mol. The summed E-state index contributed by atoms with van der Waals surface area (Å²) in [5.74, 6) is -0.492. The van der Waals surface area contributed by atoms with Crippen molar-refractivity contribution in [1.29, 1.82) is 0 Å². The number of aliphatic carboxylic acids is 1. The number of carboxylic acid groups (broad SMARTS) is 1. The van der Waals surface area contributed by atoms with Crippen molar-refractivity contribution in [2.24, 2.45) is 5.92 Å². The minimum atomic E-state index is -0.667. The first-order valence-corrected chi connectivity index (χ1v) is 10.9. The minimum Gasteiger partial charge on any atom is -0.477 e. The van der Waals surface area contributed by atoms with Crippen LogP contribution in [0.25, 0.3) is 0 Å². The zero-order chi connectivity index (χ0) is 20.1. The maximum atomic E-state index is 12.0. The van der Waals surface area contributed by atoms with Crippen LogP contribution >= 0.6 is 0 Å². The van der Waals surface area contributed by atoms with Crippen molar-refractivity contribution in [1.82, 2.24) is 0 Å². The molecule has 0 heterocycles. The van der Waals surface area contributed by atoms with Gasteiger partial charge < -0.3 is 9.59 Å². The molecule has 0 aliphatic rings. The molecule has 0 bridgehead atoms. The van der Waals surface area contributed by atoms with Crippen LogP contribution in [0.15, 0.2) is 30.3 Å². The van der Waals surface area contributed by atoms with Crippen LogP contribution in [0, 0.1) is 5.92 Å². The van der Waals surface area contributed by atoms with E-state index in [-0.39, 0.29) is 12.0 Å². The molecule has 1 aromatic rings. The Morgan fingerprint density at radius 2 is 1.41 bits per heavy atom. The lowest BCUT2D eigenvalue weighted by molar-refractivity contribution is -0.891. The number of quaternary nitrogens is 1. The summed E-state index contributed by atoms with van der Waals surface area (Å²) in [5, 5.41) is 9.89. The average Bonchev–Trinajstić information content (AvgIpc) is 2.59. The van der Waals surface area contributed by atoms with E-state index >= 15 is 0 Å². The van der Waals surface area contributed by atoms with Gasteiger partial charge in [0, 0.05) is 5.92 Å². The number of benzene rings is 1. The van der Waals surface area contributed by atoms with E-state index in [1.807, 2.05) is 39.3 Å². The Bertz CT molecular complexity index is 507. The van der Waals surface area contributed by atoms with Gasteiger partial charge in [0.05, 0.1) is 21.1 Å². The highest BCUT2D eigenvalue weighted by Crippen LogP contribution is 2.25. The zero-order valence-corrected chi connectivity index (χ0v) is 18.1. The standard InChI is InChI=1S/C24H41NO2/c1-5-6-7-8-9-10-11-12-16-19-22(20-21-17-14-13-15-18-21)23(24(26)27)25(2,3)4/h13-15,17-18,22-23H,5-12,16,19-20H2,1-4H3/p+1. The number of likely N-dealkylation sites (N-methyl/N-ethyl adjacent to an activating group) is 1. The van der Waals surface area contributed by atoms with Crippen LogP contribution in [0.1, 0.15) is 76.7 Å². The Kier molecular flexibility index (Phi) is 11.3. The van der Waals surface area contributed by atoms with Gasteiger partial charge in [-0.1, -0.05) is 95.0 Å². The van der Waals surface area contributed by atoms with E-state index in [1.165, 1.54) is 56.9 Å². The summed E-state index contributed by atoms with van der Waals surface area (Å²) < 4.78 is 0.476. The Morgan fingerprint density at radius 1 is 0.889 bits per heavy atom. The normalized spacial score (nSPS) is 14.1. The summed E-state index contributed by atoms with van der Waals surface area (Å²) in [5.41, 5.74) is 1.25. The highest BCUT2D eigenvalue weighted by molar-refractivity contribution is 5.72. The topological polar surface area (TPSA) is 37.3 Å². The summed E-state index contributed by atoms with van der Waals surface area (Å²) in [6.45, 7) is 2.26. The van der Waals surface area contributed by atoms with Crippen molar-refractivity contribution in [3.63, 3.8) is 0 Å². The molecular formula is C24H42NO2+. The molecule has 154 valence electrons. The lowest BCUT2D eigenvalue weighted by Crippen LogP contribution is -2.54. The molecule has 3 nitrogen and oxygen atoms in total. The van der Waals surface area contributed by atoms with E-state index in [9.17, 15) is 9.90 Å². The molecule has 0 radical (unpaired) electrons. The van der Waals surface area contributed by atoms with Crippen LogP contribution < -0.4 is 0 Å². The monoisotopic (exact) mass is 376 g/mol. The van der Waals surface area contributed by atoms with Gasteiger partial charge in [0.15, 0.2) is 6.04 Å². The van der Waals surface area contributed by atoms with E-state index in [2.05, 4.69) is 19.1 Å². The van der Waals surface area contributed by atoms with Crippen molar-refractivity contribution >= 4 is 5.97 Å². The Hall–Kier alpha value is -1.35. The van der Waals surface area contributed by atoms with Crippen LogP contribution in [0.2, 0.25) is 0 Å². The summed E-state index contributed by atoms with van der Waals surface area (Å²) >= 11 is 0. The second kappa shape index (κ2) is 12.9. The van der Waals surface area contributed by atoms with E-state index in [0.29, 0.717) is 4.48 Å². The van der Waals surface area contributed by atoms with E-state index in [4.69, 9.17) is 0 Å². The van der Waals surface area contributed by atoms with Gasteiger partial charge in [0.1, 0.15) is 0 Å². The fourth-order valence-corrected chi connectivity index (χ4v) is 4.17. The van der Waals surface area contributed by atoms with Gasteiger partial charge in [-0.05, 0) is 18.4 Å². The summed E-state index contributed by atoms with van der Waals surface area (Å²) in [7, 11) is 6.02. The van der Waals surface area contributed by atoms with Gasteiger partial charge in [0.2, 0.25) is 0 Å². The SMILES string of the molecule is CCCCCCCCCCCC(Cc1ccccc1)C(C(=O)O)[N+](C)(C)C. The largest absolute Gasteiger partial charge is 0.477 e. The molecule has 1 N–H and O–H groups in total. The predicted octanol–water partition coefficient (Wildman–Crippen LogP) is 5.93. The van der Waals surface area contributed by atoms with Gasteiger partial charge >= 0.3 is 5.97 Å². The highest BCUT2D eigenvalue weighted by Gasteiger charge is 2.38. The maximum Gasteiger partial charge on any atom is 0.362 e. The summed E-state index contributed by atoms with van der Waals surface area (Å²) in [6.07, 6.45) is 13.6. The van der Waals surface area contributed by atoms with Crippen molar-refractivity contribution in [3.8, 4) is 0 Å². The molecule has 0 aliphatic heterocycles. The second-order valence-corrected chi connectivity index (χ2v) is 8.97. The smallest absolute Gasteiger partial charge is 0.362 e. The Morgan fingerprint density at radius 3 is 1.89 bits per heavy atom. The van der Waals surface area contributed by atoms with Crippen LogP contribution in [0.3, 0.4) is 0 Å². The summed E-state index contributed by atoms with van der Waals surface area (Å²) in [4.78, 5) is 12.0. The number of rotatable bonds is 15. The first-order valence-electron chi connectivity index (χ1n) is 10.9. The van der Waals surface area contributed by atoms with E-state index in [1.54, 1.807) is 0 Å². The van der Waals surface area contributed by atoms with E-state index in [0.717, 1.165) is 19.3 Å². The lowest BCUT2D eigenvalue weighted by Gasteiger charge is -2.36. The quantitative estimate of drug-likeness (QED) is 0.304. The maximum absolute atomic E-state index is 12.0. The van der Waals surface area contributed by atoms with Gasteiger partial charge in [-0.15, -0.1) is 0 Å². The molecule has 0 saturated heterocycles.